The minimum Gasteiger partial charge on any atom is -0.489 e. The number of esters is 1. The highest BCUT2D eigenvalue weighted by Gasteiger charge is 2.13. The molecule has 0 unspecified atom stereocenters. The van der Waals surface area contributed by atoms with Crippen LogP contribution in [0.15, 0.2) is 47.3 Å². The molecule has 0 amide bonds. The maximum atomic E-state index is 11.2. The molecule has 1 heterocycles. The van der Waals surface area contributed by atoms with Crippen molar-refractivity contribution < 1.29 is 18.7 Å². The van der Waals surface area contributed by atoms with Gasteiger partial charge in [-0.05, 0) is 30.2 Å². The SMILES string of the molecule is COC(=O)[C@@H](N)Cc1ccc(OCc2ccoc2)cc1. The number of ether oxygens (including phenoxy) is 2. The molecule has 106 valence electrons. The molecule has 2 aromatic rings. The molecule has 0 aliphatic carbocycles. The van der Waals surface area contributed by atoms with Crippen LogP contribution in [0.1, 0.15) is 11.1 Å². The molecule has 5 nitrogen and oxygen atoms in total. The molecule has 0 radical (unpaired) electrons. The van der Waals surface area contributed by atoms with Gasteiger partial charge in [-0.3, -0.25) is 4.79 Å². The molecule has 5 heteroatoms. The van der Waals surface area contributed by atoms with Crippen molar-refractivity contribution in [1.29, 1.82) is 0 Å². The molecule has 1 atom stereocenters. The van der Waals surface area contributed by atoms with Crippen LogP contribution in [0.25, 0.3) is 0 Å². The fraction of sp³-hybridized carbons (Fsp3) is 0.267. The van der Waals surface area contributed by atoms with Crippen molar-refractivity contribution >= 4 is 5.97 Å². The molecule has 1 aromatic heterocycles. The summed E-state index contributed by atoms with van der Waals surface area (Å²) in [6, 6.07) is 8.67. The van der Waals surface area contributed by atoms with Crippen LogP contribution in [0.5, 0.6) is 5.75 Å². The summed E-state index contributed by atoms with van der Waals surface area (Å²) in [7, 11) is 1.33. The van der Waals surface area contributed by atoms with Gasteiger partial charge in [0.25, 0.3) is 0 Å². The van der Waals surface area contributed by atoms with Gasteiger partial charge in [-0.2, -0.15) is 0 Å². The Morgan fingerprint density at radius 3 is 2.60 bits per heavy atom. The molecular formula is C15H17NO4. The molecule has 0 aliphatic heterocycles. The van der Waals surface area contributed by atoms with E-state index in [-0.39, 0.29) is 0 Å². The number of carbonyl (C=O) groups excluding carboxylic acids is 1. The first-order valence-electron chi connectivity index (χ1n) is 6.25. The van der Waals surface area contributed by atoms with Gasteiger partial charge in [0.1, 0.15) is 18.4 Å². The van der Waals surface area contributed by atoms with E-state index in [1.54, 1.807) is 12.5 Å². The molecular weight excluding hydrogens is 258 g/mol. The monoisotopic (exact) mass is 275 g/mol. The van der Waals surface area contributed by atoms with Gasteiger partial charge in [-0.25, -0.2) is 0 Å². The van der Waals surface area contributed by atoms with Crippen molar-refractivity contribution in [1.82, 2.24) is 0 Å². The zero-order chi connectivity index (χ0) is 14.4. The van der Waals surface area contributed by atoms with Crippen molar-refractivity contribution in [3.63, 3.8) is 0 Å². The third-order valence-corrected chi connectivity index (χ3v) is 2.87. The fourth-order valence-electron chi connectivity index (χ4n) is 1.75. The third kappa shape index (κ3) is 3.86. The van der Waals surface area contributed by atoms with E-state index in [1.165, 1.54) is 7.11 Å². The lowest BCUT2D eigenvalue weighted by molar-refractivity contribution is -0.142. The Morgan fingerprint density at radius 1 is 1.25 bits per heavy atom. The van der Waals surface area contributed by atoms with Gasteiger partial charge in [-0.1, -0.05) is 12.1 Å². The van der Waals surface area contributed by atoms with E-state index >= 15 is 0 Å². The Bertz CT molecular complexity index is 534. The van der Waals surface area contributed by atoms with E-state index in [2.05, 4.69) is 4.74 Å². The Kier molecular flexibility index (Phi) is 4.79. The average molecular weight is 275 g/mol. The largest absolute Gasteiger partial charge is 0.489 e. The van der Waals surface area contributed by atoms with Gasteiger partial charge < -0.3 is 19.6 Å². The van der Waals surface area contributed by atoms with Crippen LogP contribution in [0.2, 0.25) is 0 Å². The maximum Gasteiger partial charge on any atom is 0.322 e. The fourth-order valence-corrected chi connectivity index (χ4v) is 1.75. The molecule has 0 spiro atoms. The van der Waals surface area contributed by atoms with E-state index in [9.17, 15) is 4.79 Å². The molecule has 2 N–H and O–H groups in total. The van der Waals surface area contributed by atoms with Crippen LogP contribution in [-0.4, -0.2) is 19.1 Å². The number of furan rings is 1. The second kappa shape index (κ2) is 6.77. The molecule has 20 heavy (non-hydrogen) atoms. The lowest BCUT2D eigenvalue weighted by atomic mass is 10.1. The van der Waals surface area contributed by atoms with Gasteiger partial charge >= 0.3 is 5.97 Å². The summed E-state index contributed by atoms with van der Waals surface area (Å²) in [5, 5.41) is 0. The second-order valence-corrected chi connectivity index (χ2v) is 4.40. The van der Waals surface area contributed by atoms with Crippen LogP contribution < -0.4 is 10.5 Å². The Morgan fingerprint density at radius 2 is 2.00 bits per heavy atom. The molecule has 0 bridgehead atoms. The van der Waals surface area contributed by atoms with E-state index in [0.29, 0.717) is 13.0 Å². The second-order valence-electron chi connectivity index (χ2n) is 4.40. The smallest absolute Gasteiger partial charge is 0.322 e. The predicted molar refractivity (Wildman–Crippen MR) is 73.2 cm³/mol. The van der Waals surface area contributed by atoms with Crippen LogP contribution in [-0.2, 0) is 22.6 Å². The number of hydrogen-bond acceptors (Lipinski definition) is 5. The van der Waals surface area contributed by atoms with Gasteiger partial charge in [0.15, 0.2) is 0 Å². The van der Waals surface area contributed by atoms with Gasteiger partial charge in [-0.15, -0.1) is 0 Å². The summed E-state index contributed by atoms with van der Waals surface area (Å²) in [6.45, 7) is 0.456. The summed E-state index contributed by atoms with van der Waals surface area (Å²) < 4.78 is 15.1. The number of benzene rings is 1. The quantitative estimate of drug-likeness (QED) is 0.815. The first-order valence-corrected chi connectivity index (χ1v) is 6.25. The lowest BCUT2D eigenvalue weighted by Crippen LogP contribution is -2.33. The number of carbonyl (C=O) groups is 1. The topological polar surface area (TPSA) is 74.7 Å². The Hall–Kier alpha value is -2.27. The maximum absolute atomic E-state index is 11.2. The number of methoxy groups -OCH3 is 1. The number of nitrogens with two attached hydrogens (primary N) is 1. The Labute approximate surface area is 117 Å². The molecule has 0 aliphatic rings. The van der Waals surface area contributed by atoms with Crippen molar-refractivity contribution in [2.75, 3.05) is 7.11 Å². The summed E-state index contributed by atoms with van der Waals surface area (Å²) in [6.07, 6.45) is 3.69. The Balaban J connectivity index is 1.87. The number of hydrogen-bond donors (Lipinski definition) is 1. The summed E-state index contributed by atoms with van der Waals surface area (Å²) in [5.74, 6) is 0.340. The average Bonchev–Trinajstić information content (AvgIpc) is 2.99. The van der Waals surface area contributed by atoms with Crippen molar-refractivity contribution in [3.05, 3.63) is 54.0 Å². The van der Waals surface area contributed by atoms with Gasteiger partial charge in [0.2, 0.25) is 0 Å². The normalized spacial score (nSPS) is 11.9. The summed E-state index contributed by atoms with van der Waals surface area (Å²) in [5.41, 5.74) is 7.64. The summed E-state index contributed by atoms with van der Waals surface area (Å²) >= 11 is 0. The van der Waals surface area contributed by atoms with Crippen molar-refractivity contribution in [2.24, 2.45) is 5.73 Å². The van der Waals surface area contributed by atoms with E-state index < -0.39 is 12.0 Å². The van der Waals surface area contributed by atoms with Gasteiger partial charge in [0.05, 0.1) is 19.6 Å². The van der Waals surface area contributed by atoms with Crippen molar-refractivity contribution in [3.8, 4) is 5.75 Å². The highest BCUT2D eigenvalue weighted by molar-refractivity contribution is 5.75. The standard InChI is InChI=1S/C15H17NO4/c1-18-15(17)14(16)8-11-2-4-13(5-3-11)20-10-12-6-7-19-9-12/h2-7,9,14H,8,10,16H2,1H3/t14-/m0/s1. The van der Waals surface area contributed by atoms with E-state index in [0.717, 1.165) is 16.9 Å². The minimum absolute atomic E-state index is 0.412. The van der Waals surface area contributed by atoms with Crippen LogP contribution in [0.4, 0.5) is 0 Å². The highest BCUT2D eigenvalue weighted by atomic mass is 16.5. The van der Waals surface area contributed by atoms with Crippen LogP contribution in [0, 0.1) is 0 Å². The van der Waals surface area contributed by atoms with Crippen molar-refractivity contribution in [2.45, 2.75) is 19.1 Å². The van der Waals surface area contributed by atoms with Gasteiger partial charge in [0, 0.05) is 5.56 Å². The van der Waals surface area contributed by atoms with Crippen LogP contribution >= 0.6 is 0 Å². The molecule has 0 fully saturated rings. The molecule has 0 saturated carbocycles. The molecule has 0 saturated heterocycles. The minimum atomic E-state index is -0.641. The van der Waals surface area contributed by atoms with E-state index in [1.807, 2.05) is 30.3 Å². The van der Waals surface area contributed by atoms with E-state index in [4.69, 9.17) is 14.9 Å². The zero-order valence-electron chi connectivity index (χ0n) is 11.2. The molecule has 2 rings (SSSR count). The lowest BCUT2D eigenvalue weighted by Gasteiger charge is -2.10. The first-order chi connectivity index (χ1) is 9.69. The van der Waals surface area contributed by atoms with Crippen LogP contribution in [0.3, 0.4) is 0 Å². The molecule has 1 aromatic carbocycles. The summed E-state index contributed by atoms with van der Waals surface area (Å²) in [4.78, 5) is 11.2. The zero-order valence-corrected chi connectivity index (χ0v) is 11.2. The predicted octanol–water partition coefficient (Wildman–Crippen LogP) is 1.90. The first kappa shape index (κ1) is 14.1. The third-order valence-electron chi connectivity index (χ3n) is 2.87. The number of rotatable bonds is 6. The highest BCUT2D eigenvalue weighted by Crippen LogP contribution is 2.15.